The van der Waals surface area contributed by atoms with Gasteiger partial charge in [-0.25, -0.2) is 4.39 Å². The predicted octanol–water partition coefficient (Wildman–Crippen LogP) is 4.24. The van der Waals surface area contributed by atoms with Gasteiger partial charge in [-0.05, 0) is 41.3 Å². The summed E-state index contributed by atoms with van der Waals surface area (Å²) in [5, 5.41) is 2.04. The molecule has 0 radical (unpaired) electrons. The van der Waals surface area contributed by atoms with Crippen molar-refractivity contribution in [1.82, 2.24) is 0 Å². The van der Waals surface area contributed by atoms with E-state index in [4.69, 9.17) is 10.5 Å². The van der Waals surface area contributed by atoms with Crippen molar-refractivity contribution in [2.75, 3.05) is 12.8 Å². The van der Waals surface area contributed by atoms with Crippen LogP contribution in [0.3, 0.4) is 0 Å². The number of fused-ring (bicyclic) bond motifs is 1. The summed E-state index contributed by atoms with van der Waals surface area (Å²) in [5.74, 6) is 0.481. The Labute approximate surface area is 116 Å². The summed E-state index contributed by atoms with van der Waals surface area (Å²) < 4.78 is 18.6. The monoisotopic (exact) mass is 267 g/mol. The summed E-state index contributed by atoms with van der Waals surface area (Å²) in [4.78, 5) is 0. The molecule has 3 rings (SSSR count). The third-order valence-electron chi connectivity index (χ3n) is 3.41. The molecule has 3 aromatic carbocycles. The SMILES string of the molecule is COc1ccc(-c2ccc(F)cc2N)c2ccccc12. The van der Waals surface area contributed by atoms with Gasteiger partial charge in [-0.1, -0.05) is 24.3 Å². The van der Waals surface area contributed by atoms with E-state index >= 15 is 0 Å². The zero-order valence-corrected chi connectivity index (χ0v) is 11.1. The lowest BCUT2D eigenvalue weighted by molar-refractivity contribution is 0.420. The Bertz CT molecular complexity index is 783. The first-order chi connectivity index (χ1) is 9.70. The highest BCUT2D eigenvalue weighted by Gasteiger charge is 2.10. The zero-order chi connectivity index (χ0) is 14.1. The van der Waals surface area contributed by atoms with E-state index in [1.807, 2.05) is 36.4 Å². The van der Waals surface area contributed by atoms with E-state index < -0.39 is 0 Å². The largest absolute Gasteiger partial charge is 0.496 e. The maximum Gasteiger partial charge on any atom is 0.126 e. The maximum absolute atomic E-state index is 13.2. The molecule has 0 atom stereocenters. The second-order valence-electron chi connectivity index (χ2n) is 4.59. The molecule has 0 heterocycles. The molecule has 0 fully saturated rings. The minimum Gasteiger partial charge on any atom is -0.496 e. The van der Waals surface area contributed by atoms with Gasteiger partial charge in [-0.3, -0.25) is 0 Å². The Morgan fingerprint density at radius 2 is 1.60 bits per heavy atom. The van der Waals surface area contributed by atoms with Crippen molar-refractivity contribution in [2.24, 2.45) is 0 Å². The van der Waals surface area contributed by atoms with Crippen molar-refractivity contribution in [3.05, 3.63) is 60.4 Å². The van der Waals surface area contributed by atoms with E-state index in [-0.39, 0.29) is 5.82 Å². The molecular formula is C17H14FNO. The van der Waals surface area contributed by atoms with Gasteiger partial charge < -0.3 is 10.5 Å². The van der Waals surface area contributed by atoms with Gasteiger partial charge in [0.05, 0.1) is 7.11 Å². The lowest BCUT2D eigenvalue weighted by Gasteiger charge is -2.12. The van der Waals surface area contributed by atoms with Crippen LogP contribution in [0.25, 0.3) is 21.9 Å². The minimum atomic E-state index is -0.330. The van der Waals surface area contributed by atoms with Crippen molar-refractivity contribution >= 4 is 16.5 Å². The molecule has 3 heteroatoms. The van der Waals surface area contributed by atoms with Gasteiger partial charge in [0.2, 0.25) is 0 Å². The topological polar surface area (TPSA) is 35.2 Å². The highest BCUT2D eigenvalue weighted by atomic mass is 19.1. The first-order valence-electron chi connectivity index (χ1n) is 6.32. The molecule has 0 spiro atoms. The van der Waals surface area contributed by atoms with Crippen molar-refractivity contribution in [1.29, 1.82) is 0 Å². The van der Waals surface area contributed by atoms with E-state index in [1.54, 1.807) is 13.2 Å². The fraction of sp³-hybridized carbons (Fsp3) is 0.0588. The van der Waals surface area contributed by atoms with Crippen LogP contribution in [0.15, 0.2) is 54.6 Å². The highest BCUT2D eigenvalue weighted by Crippen LogP contribution is 2.36. The summed E-state index contributed by atoms with van der Waals surface area (Å²) in [5.41, 5.74) is 8.17. The summed E-state index contributed by atoms with van der Waals surface area (Å²) in [6.07, 6.45) is 0. The number of ether oxygens (including phenoxy) is 1. The van der Waals surface area contributed by atoms with Gasteiger partial charge in [0.25, 0.3) is 0 Å². The van der Waals surface area contributed by atoms with Crippen molar-refractivity contribution in [2.45, 2.75) is 0 Å². The molecule has 0 saturated carbocycles. The van der Waals surface area contributed by atoms with Crippen LogP contribution in [-0.2, 0) is 0 Å². The molecule has 0 saturated heterocycles. The summed E-state index contributed by atoms with van der Waals surface area (Å²) >= 11 is 0. The van der Waals surface area contributed by atoms with E-state index in [1.165, 1.54) is 12.1 Å². The lowest BCUT2D eigenvalue weighted by Crippen LogP contribution is -1.93. The average Bonchev–Trinajstić information content (AvgIpc) is 2.47. The molecule has 0 aliphatic rings. The Balaban J connectivity index is 2.32. The number of anilines is 1. The van der Waals surface area contributed by atoms with Gasteiger partial charge in [-0.15, -0.1) is 0 Å². The van der Waals surface area contributed by atoms with Crippen LogP contribution >= 0.6 is 0 Å². The van der Waals surface area contributed by atoms with Gasteiger partial charge in [0.15, 0.2) is 0 Å². The number of nitrogens with two attached hydrogens (primary N) is 1. The number of hydrogen-bond donors (Lipinski definition) is 1. The molecule has 100 valence electrons. The van der Waals surface area contributed by atoms with Crippen molar-refractivity contribution < 1.29 is 9.13 Å². The van der Waals surface area contributed by atoms with Gasteiger partial charge in [-0.2, -0.15) is 0 Å². The molecule has 2 N–H and O–H groups in total. The maximum atomic E-state index is 13.2. The number of halogens is 1. The molecule has 0 aliphatic heterocycles. The van der Waals surface area contributed by atoms with E-state index in [0.717, 1.165) is 27.6 Å². The minimum absolute atomic E-state index is 0.330. The number of benzene rings is 3. The van der Waals surface area contributed by atoms with Crippen LogP contribution in [0, 0.1) is 5.82 Å². The smallest absolute Gasteiger partial charge is 0.126 e. The predicted molar refractivity (Wildman–Crippen MR) is 80.3 cm³/mol. The third kappa shape index (κ3) is 1.97. The van der Waals surface area contributed by atoms with E-state index in [9.17, 15) is 4.39 Å². The standard InChI is InChI=1S/C17H14FNO/c1-20-17-9-8-13(12-4-2-3-5-15(12)17)14-7-6-11(18)10-16(14)19/h2-10H,19H2,1H3. The number of hydrogen-bond acceptors (Lipinski definition) is 2. The summed E-state index contributed by atoms with van der Waals surface area (Å²) in [7, 11) is 1.65. The molecule has 0 amide bonds. The quantitative estimate of drug-likeness (QED) is 0.705. The third-order valence-corrected chi connectivity index (χ3v) is 3.41. The van der Waals surface area contributed by atoms with E-state index in [2.05, 4.69) is 0 Å². The first kappa shape index (κ1) is 12.5. The molecule has 0 aromatic heterocycles. The fourth-order valence-electron chi connectivity index (χ4n) is 2.46. The molecule has 2 nitrogen and oxygen atoms in total. The van der Waals surface area contributed by atoms with Gasteiger partial charge >= 0.3 is 0 Å². The first-order valence-corrected chi connectivity index (χ1v) is 6.32. The van der Waals surface area contributed by atoms with Crippen molar-refractivity contribution in [3.8, 4) is 16.9 Å². The second-order valence-corrected chi connectivity index (χ2v) is 4.59. The van der Waals surface area contributed by atoms with Crippen LogP contribution in [0.4, 0.5) is 10.1 Å². The molecule has 0 unspecified atom stereocenters. The summed E-state index contributed by atoms with van der Waals surface area (Å²) in [6, 6.07) is 16.3. The van der Waals surface area contributed by atoms with Crippen LogP contribution < -0.4 is 10.5 Å². The van der Waals surface area contributed by atoms with Gasteiger partial charge in [0.1, 0.15) is 11.6 Å². The second kappa shape index (κ2) is 4.85. The number of rotatable bonds is 2. The van der Waals surface area contributed by atoms with Crippen LogP contribution in [0.5, 0.6) is 5.75 Å². The average molecular weight is 267 g/mol. The number of nitrogen functional groups attached to an aromatic ring is 1. The Morgan fingerprint density at radius 1 is 0.900 bits per heavy atom. The molecule has 0 bridgehead atoms. The normalized spacial score (nSPS) is 10.7. The zero-order valence-electron chi connectivity index (χ0n) is 11.1. The van der Waals surface area contributed by atoms with Crippen LogP contribution in [0.1, 0.15) is 0 Å². The lowest BCUT2D eigenvalue weighted by atomic mass is 9.96. The van der Waals surface area contributed by atoms with Gasteiger partial charge in [0, 0.05) is 16.6 Å². The van der Waals surface area contributed by atoms with E-state index in [0.29, 0.717) is 5.69 Å². The summed E-state index contributed by atoms with van der Waals surface area (Å²) in [6.45, 7) is 0. The van der Waals surface area contributed by atoms with Crippen LogP contribution in [-0.4, -0.2) is 7.11 Å². The molecule has 20 heavy (non-hydrogen) atoms. The molecular weight excluding hydrogens is 253 g/mol. The highest BCUT2D eigenvalue weighted by molar-refractivity contribution is 6.02. The Kier molecular flexibility index (Phi) is 3.03. The van der Waals surface area contributed by atoms with Crippen molar-refractivity contribution in [3.63, 3.8) is 0 Å². The molecule has 0 aliphatic carbocycles. The Morgan fingerprint density at radius 3 is 2.30 bits per heavy atom. The van der Waals surface area contributed by atoms with Crippen LogP contribution in [0.2, 0.25) is 0 Å². The Hall–Kier alpha value is -2.55. The molecule has 3 aromatic rings. The number of methoxy groups -OCH3 is 1. The fourth-order valence-corrected chi connectivity index (χ4v) is 2.46.